The lowest BCUT2D eigenvalue weighted by molar-refractivity contribution is -0.246. The first kappa shape index (κ1) is 33.4. The van der Waals surface area contributed by atoms with E-state index in [-0.39, 0.29) is 45.1 Å². The number of rotatable bonds is 8. The van der Waals surface area contributed by atoms with Gasteiger partial charge in [0.05, 0.1) is 31.8 Å². The molecular weight excluding hydrogens is 538 g/mol. The number of hydrogen-bond donors (Lipinski definition) is 4. The minimum Gasteiger partial charge on any atom is -0.481 e. The minimum atomic E-state index is -0.612. The van der Waals surface area contributed by atoms with Crippen molar-refractivity contribution in [1.82, 2.24) is 5.43 Å². The van der Waals surface area contributed by atoms with Crippen molar-refractivity contribution in [2.75, 3.05) is 19.8 Å². The topological polar surface area (TPSA) is 120 Å². The Labute approximate surface area is 261 Å². The van der Waals surface area contributed by atoms with Crippen LogP contribution in [0.3, 0.4) is 0 Å². The van der Waals surface area contributed by atoms with Gasteiger partial charge in [-0.1, -0.05) is 74.0 Å². The fourth-order valence-corrected chi connectivity index (χ4v) is 11.5. The Kier molecular flexibility index (Phi) is 8.37. The van der Waals surface area contributed by atoms with E-state index in [0.717, 1.165) is 38.5 Å². The number of fused-ring (bicyclic) bond motifs is 3. The Hall–Kier alpha value is -0.990. The molecule has 12 atom stereocenters. The van der Waals surface area contributed by atoms with Gasteiger partial charge in [-0.15, -0.1) is 0 Å². The van der Waals surface area contributed by atoms with Crippen molar-refractivity contribution in [2.24, 2.45) is 74.2 Å². The van der Waals surface area contributed by atoms with E-state index in [2.05, 4.69) is 80.7 Å². The van der Waals surface area contributed by atoms with Crippen LogP contribution in [0.1, 0.15) is 108 Å². The minimum absolute atomic E-state index is 0.0119. The molecule has 1 heterocycles. The van der Waals surface area contributed by atoms with E-state index in [1.807, 2.05) is 0 Å². The molecule has 3 saturated carbocycles. The summed E-state index contributed by atoms with van der Waals surface area (Å²) in [7, 11) is 0. The quantitative estimate of drug-likeness (QED) is 0.149. The number of carboxylic acid groups (broad SMARTS) is 1. The highest BCUT2D eigenvalue weighted by molar-refractivity contribution is 5.73. The normalized spacial score (nSPS) is 48.0. The van der Waals surface area contributed by atoms with Crippen LogP contribution < -0.4 is 17.0 Å². The fraction of sp³-hybridized carbons (Fsp3) is 0.917. The van der Waals surface area contributed by atoms with Gasteiger partial charge in [-0.25, -0.2) is 0 Å². The zero-order valence-corrected chi connectivity index (χ0v) is 28.9. The second kappa shape index (κ2) is 10.8. The van der Waals surface area contributed by atoms with Crippen molar-refractivity contribution in [3.8, 4) is 0 Å². The highest BCUT2D eigenvalue weighted by atomic mass is 16.5. The molecule has 5 rings (SSSR count). The number of aliphatic carboxylic acids is 1. The zero-order chi connectivity index (χ0) is 32.0. The van der Waals surface area contributed by atoms with Gasteiger partial charge >= 0.3 is 5.97 Å². The maximum atomic E-state index is 13.3. The summed E-state index contributed by atoms with van der Waals surface area (Å²) in [5, 5.41) is 10.9. The average molecular weight is 602 g/mol. The van der Waals surface area contributed by atoms with Gasteiger partial charge in [-0.05, 0) is 91.3 Å². The van der Waals surface area contributed by atoms with Crippen LogP contribution in [0.25, 0.3) is 0 Å². The van der Waals surface area contributed by atoms with Crippen LogP contribution in [-0.2, 0) is 14.3 Å². The van der Waals surface area contributed by atoms with Crippen LogP contribution in [0.4, 0.5) is 0 Å². The van der Waals surface area contributed by atoms with E-state index in [9.17, 15) is 9.90 Å². The molecular formula is C36H63N3O4. The van der Waals surface area contributed by atoms with Crippen molar-refractivity contribution >= 4 is 5.97 Å². The van der Waals surface area contributed by atoms with E-state index in [1.165, 1.54) is 5.57 Å². The first-order chi connectivity index (χ1) is 19.9. The summed E-state index contributed by atoms with van der Waals surface area (Å²) in [6.07, 6.45) is 8.30. The first-order valence-electron chi connectivity index (χ1n) is 17.2. The van der Waals surface area contributed by atoms with Gasteiger partial charge in [0.1, 0.15) is 0 Å². The first-order valence-corrected chi connectivity index (χ1v) is 17.2. The highest BCUT2D eigenvalue weighted by Gasteiger charge is 2.71. The summed E-state index contributed by atoms with van der Waals surface area (Å²) in [5.41, 5.74) is 10.0. The maximum absolute atomic E-state index is 13.3. The van der Waals surface area contributed by atoms with Gasteiger partial charge in [0, 0.05) is 22.4 Å². The summed E-state index contributed by atoms with van der Waals surface area (Å²) >= 11 is 0. The van der Waals surface area contributed by atoms with Crippen LogP contribution in [0.2, 0.25) is 0 Å². The van der Waals surface area contributed by atoms with Gasteiger partial charge in [0.2, 0.25) is 0 Å². The predicted octanol–water partition coefficient (Wildman–Crippen LogP) is 6.17. The highest BCUT2D eigenvalue weighted by Crippen LogP contribution is 2.74. The molecule has 7 heteroatoms. The lowest BCUT2D eigenvalue weighted by Crippen LogP contribution is -2.72. The summed E-state index contributed by atoms with van der Waals surface area (Å²) in [6.45, 7) is 24.4. The van der Waals surface area contributed by atoms with Crippen LogP contribution in [0.5, 0.6) is 0 Å². The molecule has 0 radical (unpaired) electrons. The molecule has 4 fully saturated rings. The number of carboxylic acids is 1. The summed E-state index contributed by atoms with van der Waals surface area (Å²) < 4.78 is 13.4. The number of carbonyl (C=O) groups is 1. The molecule has 2 bridgehead atoms. The summed E-state index contributed by atoms with van der Waals surface area (Å²) in [6, 6.07) is -0.0119. The third-order valence-corrected chi connectivity index (χ3v) is 15.2. The van der Waals surface area contributed by atoms with E-state index in [0.29, 0.717) is 49.4 Å². The fourth-order valence-electron chi connectivity index (χ4n) is 11.5. The molecule has 0 spiro atoms. The average Bonchev–Trinajstić information content (AvgIpc) is 2.91. The monoisotopic (exact) mass is 601 g/mol. The standard InChI is InChI=1S/C36H63N3O4/c1-21(2)23(5)31(6)15-16-33(8)24-11-12-27-32(7)18-42-20-36(27,25(24)13-14-34(33,9)28(31)30(40)41)17-26(39-38)29(32)43-19-35(10,37)22(3)4/h13,21-24,26-29,39H,11-12,14-20,37-38H2,1-10H3,(H,40,41)/t23-,24+,26-,27+,28-,29+,31-,32-,33-,34+,35+,36+/m1/s1. The lowest BCUT2D eigenvalue weighted by atomic mass is 9.34. The molecule has 0 unspecified atom stereocenters. The van der Waals surface area contributed by atoms with Crippen LogP contribution in [0.15, 0.2) is 11.6 Å². The molecule has 0 aromatic carbocycles. The van der Waals surface area contributed by atoms with Gasteiger partial charge in [0.15, 0.2) is 0 Å². The molecule has 43 heavy (non-hydrogen) atoms. The molecule has 4 aliphatic carbocycles. The zero-order valence-electron chi connectivity index (χ0n) is 28.9. The lowest BCUT2D eigenvalue weighted by Gasteiger charge is -2.71. The van der Waals surface area contributed by atoms with E-state index in [1.54, 1.807) is 0 Å². The summed E-state index contributed by atoms with van der Waals surface area (Å²) in [4.78, 5) is 13.3. The molecule has 1 aliphatic heterocycles. The van der Waals surface area contributed by atoms with Gasteiger partial charge in [-0.2, -0.15) is 0 Å². The van der Waals surface area contributed by atoms with Crippen molar-refractivity contribution < 1.29 is 19.4 Å². The number of hydrogen-bond acceptors (Lipinski definition) is 6. The molecule has 0 amide bonds. The number of ether oxygens (including phenoxy) is 2. The predicted molar refractivity (Wildman–Crippen MR) is 172 cm³/mol. The van der Waals surface area contributed by atoms with E-state index >= 15 is 0 Å². The number of nitrogens with two attached hydrogens (primary N) is 2. The molecule has 246 valence electrons. The van der Waals surface area contributed by atoms with Crippen molar-refractivity contribution in [2.45, 2.75) is 125 Å². The van der Waals surface area contributed by atoms with Gasteiger partial charge in [0.25, 0.3) is 0 Å². The Morgan fingerprint density at radius 3 is 2.37 bits per heavy atom. The molecule has 7 nitrogen and oxygen atoms in total. The smallest absolute Gasteiger partial charge is 0.307 e. The Bertz CT molecular complexity index is 1120. The van der Waals surface area contributed by atoms with E-state index in [4.69, 9.17) is 21.1 Å². The second-order valence-electron chi connectivity index (χ2n) is 17.7. The van der Waals surface area contributed by atoms with Crippen molar-refractivity contribution in [3.05, 3.63) is 11.6 Å². The number of allylic oxidation sites excluding steroid dienone is 1. The maximum Gasteiger partial charge on any atom is 0.307 e. The summed E-state index contributed by atoms with van der Waals surface area (Å²) in [5.74, 6) is 7.18. The molecule has 1 saturated heterocycles. The van der Waals surface area contributed by atoms with Crippen LogP contribution >= 0.6 is 0 Å². The Morgan fingerprint density at radius 2 is 1.79 bits per heavy atom. The van der Waals surface area contributed by atoms with E-state index < -0.39 is 11.5 Å². The number of hydrazine groups is 1. The SMILES string of the molecule is CC(C)[C@@H](C)[C@@]1(C)CC[C@]2(C)[C@H]3CC[C@@H]4[C@@]5(COC[C@@]4(C)[C@@H](OC[C@](C)(N)C(C)C)[C@H](NN)C5)C3=CC[C@@]2(C)[C@@H]1C(=O)O. The molecule has 0 aromatic heterocycles. The third-order valence-electron chi connectivity index (χ3n) is 15.2. The van der Waals surface area contributed by atoms with Crippen LogP contribution in [-0.4, -0.2) is 48.6 Å². The second-order valence-corrected chi connectivity index (χ2v) is 17.7. The largest absolute Gasteiger partial charge is 0.481 e. The van der Waals surface area contributed by atoms with Gasteiger partial charge in [-0.3, -0.25) is 16.1 Å². The number of nitrogens with one attached hydrogen (secondary N) is 1. The Morgan fingerprint density at radius 1 is 1.12 bits per heavy atom. The molecule has 0 aromatic rings. The molecule has 6 N–H and O–H groups in total. The Balaban J connectivity index is 1.55. The van der Waals surface area contributed by atoms with Crippen LogP contribution in [0, 0.1) is 62.6 Å². The third kappa shape index (κ3) is 4.56. The van der Waals surface area contributed by atoms with Gasteiger partial charge < -0.3 is 20.3 Å². The molecule has 5 aliphatic rings. The van der Waals surface area contributed by atoms with Crippen molar-refractivity contribution in [1.29, 1.82) is 0 Å². The van der Waals surface area contributed by atoms with Crippen molar-refractivity contribution in [3.63, 3.8) is 0 Å².